The van der Waals surface area contributed by atoms with E-state index in [1.54, 1.807) is 0 Å². The van der Waals surface area contributed by atoms with Crippen molar-refractivity contribution in [3.05, 3.63) is 0 Å². The first kappa shape index (κ1) is 27.1. The largest absolute Gasteiger partial charge is 0.465 e. The number of rotatable bonds is 18. The van der Waals surface area contributed by atoms with Gasteiger partial charge in [0.25, 0.3) is 0 Å². The van der Waals surface area contributed by atoms with Gasteiger partial charge in [-0.2, -0.15) is 0 Å². The van der Waals surface area contributed by atoms with Gasteiger partial charge in [0.05, 0.1) is 0 Å². The Bertz CT molecular complexity index is 259. The van der Waals surface area contributed by atoms with Gasteiger partial charge in [-0.05, 0) is 12.8 Å². The predicted molar refractivity (Wildman–Crippen MR) is 115 cm³/mol. The van der Waals surface area contributed by atoms with E-state index in [2.05, 4.69) is 19.2 Å². The van der Waals surface area contributed by atoms with E-state index in [9.17, 15) is 4.79 Å². The molecule has 0 atom stereocenters. The third-order valence-electron chi connectivity index (χ3n) is 4.65. The summed E-state index contributed by atoms with van der Waals surface area (Å²) in [5.41, 5.74) is 0. The van der Waals surface area contributed by atoms with Crippen LogP contribution in [-0.4, -0.2) is 25.2 Å². The zero-order chi connectivity index (χ0) is 17.9. The van der Waals surface area contributed by atoms with Crippen molar-refractivity contribution in [3.63, 3.8) is 0 Å². The van der Waals surface area contributed by atoms with Crippen LogP contribution in [0.5, 0.6) is 0 Å². The number of carbonyl (C=O) groups excluding carboxylic acids is 1. The second kappa shape index (κ2) is 22.0. The quantitative estimate of drug-likeness (QED) is 0.200. The zero-order valence-corrected chi connectivity index (χ0v) is 18.8. The number of hydrogen-bond donors (Lipinski definition) is 1. The number of nitrogens with one attached hydrogen (secondary N) is 1. The monoisotopic (exact) mass is 421 g/mol. The number of esters is 1. The number of hydrogen-bond acceptors (Lipinski definition) is 3. The van der Waals surface area contributed by atoms with Gasteiger partial charge in [-0.15, -0.1) is 17.0 Å². The zero-order valence-electron chi connectivity index (χ0n) is 17.1. The molecule has 0 unspecified atom stereocenters. The SMILES string of the molecule is Br.CCCCCCCCC(CCCCCCCC)NCCOC(C)=O. The molecular formula is C21H44BrNO2. The van der Waals surface area contributed by atoms with E-state index in [0.29, 0.717) is 12.6 Å². The van der Waals surface area contributed by atoms with E-state index >= 15 is 0 Å². The van der Waals surface area contributed by atoms with Crippen molar-refractivity contribution >= 4 is 23.0 Å². The summed E-state index contributed by atoms with van der Waals surface area (Å²) in [5, 5.41) is 3.60. The van der Waals surface area contributed by atoms with Crippen molar-refractivity contribution in [3.8, 4) is 0 Å². The number of ether oxygens (including phenoxy) is 1. The van der Waals surface area contributed by atoms with Gasteiger partial charge in [0.2, 0.25) is 0 Å². The molecule has 0 rings (SSSR count). The molecule has 0 fully saturated rings. The molecule has 0 saturated heterocycles. The van der Waals surface area contributed by atoms with Crippen molar-refractivity contribution in [2.75, 3.05) is 13.2 Å². The van der Waals surface area contributed by atoms with E-state index in [1.165, 1.54) is 96.8 Å². The maximum atomic E-state index is 10.8. The lowest BCUT2D eigenvalue weighted by Crippen LogP contribution is -2.32. The lowest BCUT2D eigenvalue weighted by atomic mass is 10.00. The predicted octanol–water partition coefficient (Wildman–Crippen LogP) is 6.59. The first-order chi connectivity index (χ1) is 11.7. The molecule has 0 spiro atoms. The first-order valence-electron chi connectivity index (χ1n) is 10.6. The van der Waals surface area contributed by atoms with Gasteiger partial charge in [0.15, 0.2) is 0 Å². The molecule has 0 aromatic rings. The van der Waals surface area contributed by atoms with Crippen LogP contribution in [-0.2, 0) is 9.53 Å². The van der Waals surface area contributed by atoms with E-state index < -0.39 is 0 Å². The summed E-state index contributed by atoms with van der Waals surface area (Å²) in [6.07, 6.45) is 18.8. The van der Waals surface area contributed by atoms with Crippen LogP contribution in [0.15, 0.2) is 0 Å². The fourth-order valence-electron chi connectivity index (χ4n) is 3.15. The van der Waals surface area contributed by atoms with Crippen LogP contribution in [0, 0.1) is 0 Å². The van der Waals surface area contributed by atoms with Crippen LogP contribution in [0.2, 0.25) is 0 Å². The fraction of sp³-hybridized carbons (Fsp3) is 0.952. The Balaban J connectivity index is 0. The molecule has 25 heavy (non-hydrogen) atoms. The lowest BCUT2D eigenvalue weighted by molar-refractivity contribution is -0.140. The molecule has 0 bridgehead atoms. The molecule has 0 aliphatic rings. The van der Waals surface area contributed by atoms with Gasteiger partial charge in [-0.1, -0.05) is 90.9 Å². The van der Waals surface area contributed by atoms with Gasteiger partial charge in [-0.3, -0.25) is 4.79 Å². The van der Waals surface area contributed by atoms with Crippen molar-refractivity contribution in [1.29, 1.82) is 0 Å². The third-order valence-corrected chi connectivity index (χ3v) is 4.65. The van der Waals surface area contributed by atoms with Crippen molar-refractivity contribution < 1.29 is 9.53 Å². The third kappa shape index (κ3) is 21.9. The molecule has 0 aromatic carbocycles. The van der Waals surface area contributed by atoms with Gasteiger partial charge < -0.3 is 10.1 Å². The smallest absolute Gasteiger partial charge is 0.302 e. The normalized spacial score (nSPS) is 10.7. The minimum Gasteiger partial charge on any atom is -0.465 e. The fourth-order valence-corrected chi connectivity index (χ4v) is 3.15. The Morgan fingerprint density at radius 2 is 1.24 bits per heavy atom. The van der Waals surface area contributed by atoms with Gasteiger partial charge in [-0.25, -0.2) is 0 Å². The minimum atomic E-state index is -0.180. The van der Waals surface area contributed by atoms with Crippen molar-refractivity contribution in [1.82, 2.24) is 5.32 Å². The van der Waals surface area contributed by atoms with E-state index in [-0.39, 0.29) is 23.0 Å². The number of carbonyl (C=O) groups is 1. The van der Waals surface area contributed by atoms with Gasteiger partial charge in [0.1, 0.15) is 6.61 Å². The topological polar surface area (TPSA) is 38.3 Å². The molecule has 3 nitrogen and oxygen atoms in total. The Morgan fingerprint density at radius 3 is 1.68 bits per heavy atom. The highest BCUT2D eigenvalue weighted by atomic mass is 79.9. The Morgan fingerprint density at radius 1 is 0.800 bits per heavy atom. The van der Waals surface area contributed by atoms with Crippen molar-refractivity contribution in [2.24, 2.45) is 0 Å². The average Bonchev–Trinajstić information content (AvgIpc) is 2.56. The molecule has 0 saturated carbocycles. The highest BCUT2D eigenvalue weighted by molar-refractivity contribution is 8.93. The Labute approximate surface area is 167 Å². The highest BCUT2D eigenvalue weighted by Crippen LogP contribution is 2.14. The summed E-state index contributed by atoms with van der Waals surface area (Å²) in [5.74, 6) is -0.180. The number of halogens is 1. The van der Waals surface area contributed by atoms with Crippen LogP contribution in [0.25, 0.3) is 0 Å². The first-order valence-corrected chi connectivity index (χ1v) is 10.6. The number of unbranched alkanes of at least 4 members (excludes halogenated alkanes) is 10. The molecule has 0 aliphatic carbocycles. The van der Waals surface area contributed by atoms with Gasteiger partial charge >= 0.3 is 5.97 Å². The Hall–Kier alpha value is -0.0900. The summed E-state index contributed by atoms with van der Waals surface area (Å²) in [4.78, 5) is 10.8. The summed E-state index contributed by atoms with van der Waals surface area (Å²) in [7, 11) is 0. The van der Waals surface area contributed by atoms with Crippen LogP contribution >= 0.6 is 17.0 Å². The van der Waals surface area contributed by atoms with E-state index in [0.717, 1.165) is 6.54 Å². The molecule has 0 aromatic heterocycles. The molecule has 0 amide bonds. The van der Waals surface area contributed by atoms with Crippen LogP contribution in [0.1, 0.15) is 111 Å². The summed E-state index contributed by atoms with van der Waals surface area (Å²) < 4.78 is 5.03. The molecule has 0 aliphatic heterocycles. The minimum absolute atomic E-state index is 0. The molecule has 1 N–H and O–H groups in total. The van der Waals surface area contributed by atoms with Crippen LogP contribution in [0.4, 0.5) is 0 Å². The van der Waals surface area contributed by atoms with E-state index in [4.69, 9.17) is 4.74 Å². The van der Waals surface area contributed by atoms with Crippen LogP contribution in [0.3, 0.4) is 0 Å². The summed E-state index contributed by atoms with van der Waals surface area (Å²) in [6, 6.07) is 0.595. The highest BCUT2D eigenvalue weighted by Gasteiger charge is 2.08. The van der Waals surface area contributed by atoms with Gasteiger partial charge in [0, 0.05) is 19.5 Å². The van der Waals surface area contributed by atoms with Crippen molar-refractivity contribution in [2.45, 2.75) is 117 Å². The lowest BCUT2D eigenvalue weighted by Gasteiger charge is -2.19. The molecular weight excluding hydrogens is 378 g/mol. The Kier molecular flexibility index (Phi) is 23.8. The second-order valence-electron chi connectivity index (χ2n) is 7.10. The van der Waals surface area contributed by atoms with E-state index in [1.807, 2.05) is 0 Å². The summed E-state index contributed by atoms with van der Waals surface area (Å²) >= 11 is 0. The maximum Gasteiger partial charge on any atom is 0.302 e. The molecule has 0 heterocycles. The average molecular weight is 422 g/mol. The standard InChI is InChI=1S/C21H43NO2.BrH/c1-4-6-8-10-12-14-16-21(22-18-19-24-20(3)23)17-15-13-11-9-7-5-2;/h21-22H,4-19H2,1-3H3;1H. The van der Waals surface area contributed by atoms with Crippen LogP contribution < -0.4 is 5.32 Å². The molecule has 152 valence electrons. The molecule has 0 radical (unpaired) electrons. The maximum absolute atomic E-state index is 10.8. The molecule has 4 heteroatoms. The second-order valence-corrected chi connectivity index (χ2v) is 7.10. The summed E-state index contributed by atoms with van der Waals surface area (Å²) in [6.45, 7) is 7.30.